The molecule has 0 fully saturated rings. The summed E-state index contributed by atoms with van der Waals surface area (Å²) in [7, 11) is 0. The van der Waals surface area contributed by atoms with E-state index in [-0.39, 0.29) is 17.2 Å². The predicted octanol–water partition coefficient (Wildman–Crippen LogP) is 3.46. The number of anilines is 2. The quantitative estimate of drug-likeness (QED) is 0.778. The second-order valence-corrected chi connectivity index (χ2v) is 5.46. The number of ether oxygens (including phenoxy) is 1. The summed E-state index contributed by atoms with van der Waals surface area (Å²) < 4.78 is 42.3. The molecule has 2 N–H and O–H groups in total. The van der Waals surface area contributed by atoms with Crippen molar-refractivity contribution < 1.29 is 32.3 Å². The molecule has 0 radical (unpaired) electrons. The van der Waals surface area contributed by atoms with Crippen LogP contribution in [-0.4, -0.2) is 24.4 Å². The summed E-state index contributed by atoms with van der Waals surface area (Å²) in [6.45, 7) is 0.741. The zero-order valence-corrected chi connectivity index (χ0v) is 14.1. The fourth-order valence-corrected chi connectivity index (χ4v) is 2.05. The van der Waals surface area contributed by atoms with Gasteiger partial charge < -0.3 is 15.4 Å². The van der Waals surface area contributed by atoms with Crippen molar-refractivity contribution in [1.29, 1.82) is 0 Å². The minimum atomic E-state index is -4.46. The van der Waals surface area contributed by atoms with Crippen molar-refractivity contribution in [2.45, 2.75) is 13.1 Å². The second-order valence-electron chi connectivity index (χ2n) is 5.46. The number of alkyl halides is 3. The van der Waals surface area contributed by atoms with Crippen LogP contribution in [0, 0.1) is 0 Å². The summed E-state index contributed by atoms with van der Waals surface area (Å²) in [5.41, 5.74) is -0.0242. The van der Waals surface area contributed by atoms with Gasteiger partial charge in [-0.25, -0.2) is 4.79 Å². The standard InChI is InChI=1S/C18H15F3N2O4/c1-11(24)22-14-6-2-12(3-7-14)17(26)27-10-16(25)23-15-8-4-13(5-9-15)18(19,20)21/h2-9H,10H2,1H3,(H,22,24)(H,23,25). The largest absolute Gasteiger partial charge is 0.452 e. The summed E-state index contributed by atoms with van der Waals surface area (Å²) in [4.78, 5) is 34.5. The number of nitrogens with one attached hydrogen (secondary N) is 2. The van der Waals surface area contributed by atoms with E-state index in [1.807, 2.05) is 0 Å². The van der Waals surface area contributed by atoms with Gasteiger partial charge in [0.1, 0.15) is 0 Å². The normalized spacial score (nSPS) is 10.8. The van der Waals surface area contributed by atoms with E-state index in [4.69, 9.17) is 4.74 Å². The van der Waals surface area contributed by atoms with Crippen molar-refractivity contribution in [3.8, 4) is 0 Å². The molecule has 9 heteroatoms. The van der Waals surface area contributed by atoms with E-state index < -0.39 is 30.2 Å². The molecule has 0 aliphatic heterocycles. The predicted molar refractivity (Wildman–Crippen MR) is 91.1 cm³/mol. The van der Waals surface area contributed by atoms with E-state index in [9.17, 15) is 27.6 Å². The molecule has 0 saturated heterocycles. The van der Waals surface area contributed by atoms with E-state index in [1.54, 1.807) is 0 Å². The van der Waals surface area contributed by atoms with Gasteiger partial charge >= 0.3 is 12.1 Å². The highest BCUT2D eigenvalue weighted by Crippen LogP contribution is 2.29. The van der Waals surface area contributed by atoms with Crippen LogP contribution in [0.25, 0.3) is 0 Å². The molecule has 6 nitrogen and oxygen atoms in total. The summed E-state index contributed by atoms with van der Waals surface area (Å²) in [5, 5.41) is 4.86. The van der Waals surface area contributed by atoms with Crippen LogP contribution in [0.3, 0.4) is 0 Å². The molecule has 0 aliphatic carbocycles. The van der Waals surface area contributed by atoms with Crippen LogP contribution in [0.2, 0.25) is 0 Å². The van der Waals surface area contributed by atoms with Gasteiger partial charge in [0.25, 0.3) is 5.91 Å². The molecule has 2 aromatic rings. The minimum absolute atomic E-state index is 0.142. The zero-order chi connectivity index (χ0) is 20.0. The summed E-state index contributed by atoms with van der Waals surface area (Å²) >= 11 is 0. The Bertz CT molecular complexity index is 831. The molecule has 0 unspecified atom stereocenters. The lowest BCUT2D eigenvalue weighted by atomic mass is 10.2. The molecule has 2 amide bonds. The van der Waals surface area contributed by atoms with E-state index in [2.05, 4.69) is 10.6 Å². The SMILES string of the molecule is CC(=O)Nc1ccc(C(=O)OCC(=O)Nc2ccc(C(F)(F)F)cc2)cc1. The number of hydrogen-bond acceptors (Lipinski definition) is 4. The van der Waals surface area contributed by atoms with Crippen molar-refractivity contribution in [1.82, 2.24) is 0 Å². The van der Waals surface area contributed by atoms with Crippen LogP contribution in [-0.2, 0) is 20.5 Å². The van der Waals surface area contributed by atoms with E-state index in [0.29, 0.717) is 5.69 Å². The van der Waals surface area contributed by atoms with Crippen molar-refractivity contribution in [2.75, 3.05) is 17.2 Å². The van der Waals surface area contributed by atoms with Crippen LogP contribution < -0.4 is 10.6 Å². The monoisotopic (exact) mass is 380 g/mol. The average Bonchev–Trinajstić information content (AvgIpc) is 2.59. The summed E-state index contributed by atoms with van der Waals surface area (Å²) in [5.74, 6) is -1.71. The van der Waals surface area contributed by atoms with Gasteiger partial charge in [-0.3, -0.25) is 9.59 Å². The number of rotatable bonds is 5. The molecule has 0 atom stereocenters. The van der Waals surface area contributed by atoms with Crippen molar-refractivity contribution in [2.24, 2.45) is 0 Å². The van der Waals surface area contributed by atoms with Gasteiger partial charge in [-0.15, -0.1) is 0 Å². The number of benzene rings is 2. The number of carbonyl (C=O) groups is 3. The Balaban J connectivity index is 1.86. The molecule has 27 heavy (non-hydrogen) atoms. The molecular formula is C18H15F3N2O4. The lowest BCUT2D eigenvalue weighted by Gasteiger charge is -2.09. The summed E-state index contributed by atoms with van der Waals surface area (Å²) in [6, 6.07) is 9.70. The lowest BCUT2D eigenvalue weighted by Crippen LogP contribution is -2.21. The van der Waals surface area contributed by atoms with Crippen molar-refractivity contribution in [3.63, 3.8) is 0 Å². The van der Waals surface area contributed by atoms with Gasteiger partial charge in [-0.1, -0.05) is 0 Å². The Morgan fingerprint density at radius 2 is 1.41 bits per heavy atom. The number of halogens is 3. The maximum atomic E-state index is 12.5. The Hall–Kier alpha value is -3.36. The molecule has 0 aliphatic rings. The van der Waals surface area contributed by atoms with Gasteiger partial charge in [0.15, 0.2) is 6.61 Å². The van der Waals surface area contributed by atoms with Gasteiger partial charge in [0.2, 0.25) is 5.91 Å². The molecule has 2 aromatic carbocycles. The van der Waals surface area contributed by atoms with Gasteiger partial charge in [-0.05, 0) is 48.5 Å². The van der Waals surface area contributed by atoms with Crippen LogP contribution >= 0.6 is 0 Å². The third-order valence-electron chi connectivity index (χ3n) is 3.27. The molecule has 0 bridgehead atoms. The topological polar surface area (TPSA) is 84.5 Å². The second kappa shape index (κ2) is 8.35. The number of hydrogen-bond donors (Lipinski definition) is 2. The molecule has 0 heterocycles. The van der Waals surface area contributed by atoms with Crippen molar-refractivity contribution in [3.05, 3.63) is 59.7 Å². The zero-order valence-electron chi connectivity index (χ0n) is 14.1. The average molecular weight is 380 g/mol. The fraction of sp³-hybridized carbons (Fsp3) is 0.167. The van der Waals surface area contributed by atoms with Gasteiger partial charge in [0, 0.05) is 18.3 Å². The molecule has 2 rings (SSSR count). The first kappa shape index (κ1) is 20.0. The highest BCUT2D eigenvalue weighted by atomic mass is 19.4. The first-order chi connectivity index (χ1) is 12.6. The maximum Gasteiger partial charge on any atom is 0.416 e. The van der Waals surface area contributed by atoms with Crippen molar-refractivity contribution >= 4 is 29.2 Å². The van der Waals surface area contributed by atoms with E-state index in [0.717, 1.165) is 24.3 Å². The fourth-order valence-electron chi connectivity index (χ4n) is 2.05. The van der Waals surface area contributed by atoms with Crippen LogP contribution in [0.1, 0.15) is 22.8 Å². The van der Waals surface area contributed by atoms with Gasteiger partial charge in [0.05, 0.1) is 11.1 Å². The molecule has 142 valence electrons. The highest BCUT2D eigenvalue weighted by molar-refractivity contribution is 5.96. The minimum Gasteiger partial charge on any atom is -0.452 e. The smallest absolute Gasteiger partial charge is 0.416 e. The Labute approximate surface area is 152 Å². The van der Waals surface area contributed by atoms with E-state index >= 15 is 0 Å². The third-order valence-corrected chi connectivity index (χ3v) is 3.27. The third kappa shape index (κ3) is 6.14. The van der Waals surface area contributed by atoms with E-state index in [1.165, 1.54) is 31.2 Å². The van der Waals surface area contributed by atoms with Crippen LogP contribution in [0.5, 0.6) is 0 Å². The van der Waals surface area contributed by atoms with Gasteiger partial charge in [-0.2, -0.15) is 13.2 Å². The lowest BCUT2D eigenvalue weighted by molar-refractivity contribution is -0.137. The van der Waals surface area contributed by atoms with Crippen LogP contribution in [0.4, 0.5) is 24.5 Å². The molecule has 0 saturated carbocycles. The Kier molecular flexibility index (Phi) is 6.17. The number of esters is 1. The number of amides is 2. The maximum absolute atomic E-state index is 12.5. The summed E-state index contributed by atoms with van der Waals surface area (Å²) in [6.07, 6.45) is -4.46. The van der Waals surface area contributed by atoms with Crippen LogP contribution in [0.15, 0.2) is 48.5 Å². The molecular weight excluding hydrogens is 365 g/mol. The first-order valence-corrected chi connectivity index (χ1v) is 7.67. The molecule has 0 aromatic heterocycles. The highest BCUT2D eigenvalue weighted by Gasteiger charge is 2.30. The number of carbonyl (C=O) groups excluding carboxylic acids is 3. The first-order valence-electron chi connectivity index (χ1n) is 7.67. The molecule has 0 spiro atoms. The Morgan fingerprint density at radius 3 is 1.93 bits per heavy atom. The Morgan fingerprint density at radius 1 is 0.889 bits per heavy atom.